The van der Waals surface area contributed by atoms with Crippen LogP contribution in [0.15, 0.2) is 18.2 Å². The number of piperidine rings is 1. The molecule has 0 saturated carbocycles. The number of carboxylic acid groups (broad SMARTS) is 1. The van der Waals surface area contributed by atoms with E-state index >= 15 is 0 Å². The van der Waals surface area contributed by atoms with E-state index in [9.17, 15) is 13.6 Å². The van der Waals surface area contributed by atoms with Crippen molar-refractivity contribution in [1.29, 1.82) is 0 Å². The molecule has 1 aliphatic heterocycles. The van der Waals surface area contributed by atoms with Crippen molar-refractivity contribution < 1.29 is 23.4 Å². The summed E-state index contributed by atoms with van der Waals surface area (Å²) in [5.41, 5.74) is 1.53. The number of aryl methyl sites for hydroxylation is 1. The maximum absolute atomic E-state index is 12.9. The summed E-state index contributed by atoms with van der Waals surface area (Å²) in [5, 5.41) is 5.52. The highest BCUT2D eigenvalue weighted by Crippen LogP contribution is 2.34. The molecule has 7 heteroatoms. The topological polar surface area (TPSA) is 49.8 Å². The zero-order valence-electron chi connectivity index (χ0n) is 11.5. The number of alkyl halides is 3. The molecule has 0 aliphatic carbocycles. The first-order valence-corrected chi connectivity index (χ1v) is 7.40. The molecule has 0 aromatic heterocycles. The Kier molecular flexibility index (Phi) is 4.70. The van der Waals surface area contributed by atoms with Crippen molar-refractivity contribution in [2.75, 3.05) is 13.1 Å². The molecule has 0 radical (unpaired) electrons. The summed E-state index contributed by atoms with van der Waals surface area (Å²) in [6.07, 6.45) is 0.444. The predicted octanol–water partition coefficient (Wildman–Crippen LogP) is 4.18. The fourth-order valence-electron chi connectivity index (χ4n) is 2.51. The van der Waals surface area contributed by atoms with E-state index in [-0.39, 0.29) is 11.7 Å². The minimum Gasteiger partial charge on any atom is -0.465 e. The van der Waals surface area contributed by atoms with Crippen molar-refractivity contribution in [2.45, 2.75) is 30.7 Å². The van der Waals surface area contributed by atoms with Crippen molar-refractivity contribution in [3.63, 3.8) is 0 Å². The summed E-state index contributed by atoms with van der Waals surface area (Å²) in [6, 6.07) is 5.24. The summed E-state index contributed by atoms with van der Waals surface area (Å²) >= 11 is 2.17. The average molecular weight is 364 g/mol. The number of rotatable bonds is 3. The maximum atomic E-state index is 12.9. The molecule has 0 bridgehead atoms. The number of nitrogens with zero attached hydrogens (tertiary/aromatic N) is 1. The molecule has 4 nitrogen and oxygen atoms in total. The molecular formula is C14H16BrF2NO3. The minimum atomic E-state index is -3.40. The third-order valence-corrected chi connectivity index (χ3v) is 3.84. The van der Waals surface area contributed by atoms with Crippen LogP contribution in [-0.2, 0) is 0 Å². The first kappa shape index (κ1) is 16.0. The fraction of sp³-hybridized carbons (Fsp3) is 0.500. The lowest BCUT2D eigenvalue weighted by atomic mass is 9.89. The van der Waals surface area contributed by atoms with Gasteiger partial charge in [-0.15, -0.1) is 0 Å². The van der Waals surface area contributed by atoms with Crippen LogP contribution in [0.1, 0.15) is 29.9 Å². The minimum absolute atomic E-state index is 0.134. The van der Waals surface area contributed by atoms with Crippen LogP contribution in [0.2, 0.25) is 0 Å². The van der Waals surface area contributed by atoms with E-state index in [4.69, 9.17) is 5.11 Å². The lowest BCUT2D eigenvalue weighted by Crippen LogP contribution is -2.36. The van der Waals surface area contributed by atoms with Gasteiger partial charge in [-0.05, 0) is 42.9 Å². The van der Waals surface area contributed by atoms with E-state index in [1.807, 2.05) is 6.07 Å². The van der Waals surface area contributed by atoms with Gasteiger partial charge in [0.2, 0.25) is 0 Å². The van der Waals surface area contributed by atoms with E-state index in [1.165, 1.54) is 4.90 Å². The fourth-order valence-corrected chi connectivity index (χ4v) is 2.68. The number of hydrogen-bond donors (Lipinski definition) is 1. The van der Waals surface area contributed by atoms with Crippen LogP contribution in [0.4, 0.5) is 13.6 Å². The van der Waals surface area contributed by atoms with Crippen molar-refractivity contribution in [3.05, 3.63) is 29.3 Å². The Morgan fingerprint density at radius 1 is 1.43 bits per heavy atom. The van der Waals surface area contributed by atoms with Gasteiger partial charge in [-0.1, -0.05) is 12.1 Å². The Labute approximate surface area is 129 Å². The highest BCUT2D eigenvalue weighted by molar-refractivity contribution is 9.09. The lowest BCUT2D eigenvalue weighted by molar-refractivity contribution is -0.0807. The molecule has 1 saturated heterocycles. The van der Waals surface area contributed by atoms with E-state index < -0.39 is 11.1 Å². The number of likely N-dealkylation sites (tertiary alicyclic amines) is 1. The molecule has 1 fully saturated rings. The van der Waals surface area contributed by atoms with Gasteiger partial charge in [-0.25, -0.2) is 4.79 Å². The first-order valence-electron chi connectivity index (χ1n) is 6.60. The quantitative estimate of drug-likeness (QED) is 0.819. The Bertz CT molecular complexity index is 525. The number of ether oxygens (including phenoxy) is 1. The second kappa shape index (κ2) is 6.17. The summed E-state index contributed by atoms with van der Waals surface area (Å²) in [4.78, 5) is 12.2. The number of hydrogen-bond acceptors (Lipinski definition) is 2. The van der Waals surface area contributed by atoms with Gasteiger partial charge in [0.25, 0.3) is 0 Å². The zero-order chi connectivity index (χ0) is 15.6. The van der Waals surface area contributed by atoms with Gasteiger partial charge in [0.15, 0.2) is 0 Å². The van der Waals surface area contributed by atoms with Gasteiger partial charge in [0.1, 0.15) is 5.75 Å². The number of benzene rings is 1. The Balaban J connectivity index is 2.11. The summed E-state index contributed by atoms with van der Waals surface area (Å²) in [5.74, 6) is 0.294. The molecule has 0 spiro atoms. The van der Waals surface area contributed by atoms with E-state index in [2.05, 4.69) is 20.7 Å². The van der Waals surface area contributed by atoms with Crippen molar-refractivity contribution >= 4 is 22.0 Å². The molecule has 1 N–H and O–H groups in total. The van der Waals surface area contributed by atoms with Crippen LogP contribution in [-0.4, -0.2) is 34.2 Å². The molecule has 2 rings (SSSR count). The second-order valence-corrected chi connectivity index (χ2v) is 6.04. The van der Waals surface area contributed by atoms with Gasteiger partial charge < -0.3 is 14.7 Å². The van der Waals surface area contributed by atoms with Crippen LogP contribution in [0.3, 0.4) is 0 Å². The Morgan fingerprint density at radius 2 is 2.05 bits per heavy atom. The van der Waals surface area contributed by atoms with Gasteiger partial charge in [-0.2, -0.15) is 8.78 Å². The van der Waals surface area contributed by atoms with Gasteiger partial charge in [0.05, 0.1) is 0 Å². The molecular weight excluding hydrogens is 348 g/mol. The Morgan fingerprint density at radius 3 is 2.57 bits per heavy atom. The molecule has 1 aliphatic rings. The van der Waals surface area contributed by atoms with Crippen LogP contribution in [0.5, 0.6) is 5.75 Å². The number of carbonyl (C=O) groups is 1. The SMILES string of the molecule is Cc1ccc(C2CCN(C(=O)O)CC2)cc1OC(F)(F)Br. The van der Waals surface area contributed by atoms with E-state index in [0.29, 0.717) is 31.5 Å². The molecule has 1 heterocycles. The third-order valence-electron chi connectivity index (χ3n) is 3.67. The molecule has 116 valence electrons. The standard InChI is InChI=1S/C14H16BrF2NO3/c1-9-2-3-11(8-12(9)21-14(15,16)17)10-4-6-18(7-5-10)13(19)20/h2-3,8,10H,4-7H2,1H3,(H,19,20). The smallest absolute Gasteiger partial charge is 0.459 e. The van der Waals surface area contributed by atoms with E-state index in [0.717, 1.165) is 5.56 Å². The Hall–Kier alpha value is -1.37. The zero-order valence-corrected chi connectivity index (χ0v) is 13.1. The second-order valence-electron chi connectivity index (χ2n) is 5.12. The number of halogens is 3. The van der Waals surface area contributed by atoms with Gasteiger partial charge in [-0.3, -0.25) is 0 Å². The number of amides is 1. The molecule has 1 aromatic rings. The first-order chi connectivity index (χ1) is 9.76. The molecule has 0 unspecified atom stereocenters. The van der Waals surface area contributed by atoms with Gasteiger partial charge >= 0.3 is 11.1 Å². The summed E-state index contributed by atoms with van der Waals surface area (Å²) in [6.45, 7) is 2.61. The van der Waals surface area contributed by atoms with Crippen molar-refractivity contribution in [3.8, 4) is 5.75 Å². The third kappa shape index (κ3) is 4.30. The average Bonchev–Trinajstić information content (AvgIpc) is 2.40. The molecule has 1 amide bonds. The van der Waals surface area contributed by atoms with E-state index in [1.54, 1.807) is 19.1 Å². The van der Waals surface area contributed by atoms with Crippen LogP contribution in [0.25, 0.3) is 0 Å². The normalized spacial score (nSPS) is 16.9. The lowest BCUT2D eigenvalue weighted by Gasteiger charge is -2.30. The van der Waals surface area contributed by atoms with Crippen LogP contribution < -0.4 is 4.74 Å². The highest BCUT2D eigenvalue weighted by atomic mass is 79.9. The van der Waals surface area contributed by atoms with Crippen molar-refractivity contribution in [1.82, 2.24) is 4.90 Å². The van der Waals surface area contributed by atoms with Gasteiger partial charge in [0, 0.05) is 29.0 Å². The molecule has 1 aromatic carbocycles. The monoisotopic (exact) mass is 363 g/mol. The highest BCUT2D eigenvalue weighted by Gasteiger charge is 2.28. The molecule has 0 atom stereocenters. The summed E-state index contributed by atoms with van der Waals surface area (Å²) in [7, 11) is 0. The summed E-state index contributed by atoms with van der Waals surface area (Å²) < 4.78 is 30.5. The van der Waals surface area contributed by atoms with Crippen LogP contribution >= 0.6 is 15.9 Å². The largest absolute Gasteiger partial charge is 0.465 e. The van der Waals surface area contributed by atoms with Crippen LogP contribution in [0, 0.1) is 6.92 Å². The van der Waals surface area contributed by atoms with Crippen molar-refractivity contribution in [2.24, 2.45) is 0 Å². The molecule has 21 heavy (non-hydrogen) atoms. The maximum Gasteiger partial charge on any atom is 0.459 e. The predicted molar refractivity (Wildman–Crippen MR) is 77.3 cm³/mol.